The predicted octanol–water partition coefficient (Wildman–Crippen LogP) is 6.42. The summed E-state index contributed by atoms with van der Waals surface area (Å²) in [5.41, 5.74) is 5.58. The topological polar surface area (TPSA) is 9.23 Å². The Kier molecular flexibility index (Phi) is 5.72. The molecule has 4 rings (SSSR count). The Morgan fingerprint density at radius 3 is 1.75 bits per heavy atom. The standard InChI is InChI=1S/C27H26O/c1-28-27-17-14-21(15-18-27)9-10-22-5-4-6-23(19-22)11-12-24-13-16-25-7-2-3-8-26(25)20-24/h2-8,13-20H,9-12H2,1H3. The predicted molar refractivity (Wildman–Crippen MR) is 118 cm³/mol. The zero-order chi connectivity index (χ0) is 19.2. The lowest BCUT2D eigenvalue weighted by Gasteiger charge is -2.08. The van der Waals surface area contributed by atoms with Gasteiger partial charge in [-0.05, 0) is 70.8 Å². The Morgan fingerprint density at radius 2 is 1.07 bits per heavy atom. The molecule has 4 aromatic carbocycles. The van der Waals surface area contributed by atoms with Crippen molar-refractivity contribution in [2.75, 3.05) is 7.11 Å². The monoisotopic (exact) mass is 366 g/mol. The molecule has 0 amide bonds. The van der Waals surface area contributed by atoms with E-state index in [4.69, 9.17) is 4.74 Å². The first-order valence-corrected chi connectivity index (χ1v) is 9.98. The van der Waals surface area contributed by atoms with Crippen LogP contribution in [0.3, 0.4) is 0 Å². The third kappa shape index (κ3) is 4.61. The molecule has 0 aliphatic heterocycles. The fourth-order valence-electron chi connectivity index (χ4n) is 3.70. The number of fused-ring (bicyclic) bond motifs is 1. The van der Waals surface area contributed by atoms with Gasteiger partial charge in [0, 0.05) is 0 Å². The average molecular weight is 367 g/mol. The van der Waals surface area contributed by atoms with E-state index in [2.05, 4.69) is 78.9 Å². The molecule has 28 heavy (non-hydrogen) atoms. The minimum Gasteiger partial charge on any atom is -0.497 e. The molecule has 0 aliphatic carbocycles. The van der Waals surface area contributed by atoms with Crippen LogP contribution < -0.4 is 4.74 Å². The summed E-state index contributed by atoms with van der Waals surface area (Å²) in [6.07, 6.45) is 4.27. The summed E-state index contributed by atoms with van der Waals surface area (Å²) in [7, 11) is 1.71. The first kappa shape index (κ1) is 18.3. The quantitative estimate of drug-likeness (QED) is 0.367. The number of benzene rings is 4. The lowest BCUT2D eigenvalue weighted by Crippen LogP contribution is -1.95. The van der Waals surface area contributed by atoms with Crippen LogP contribution in [0.15, 0.2) is 91.0 Å². The molecular formula is C27H26O. The van der Waals surface area contributed by atoms with Crippen LogP contribution in [-0.2, 0) is 25.7 Å². The smallest absolute Gasteiger partial charge is 0.118 e. The highest BCUT2D eigenvalue weighted by molar-refractivity contribution is 5.82. The van der Waals surface area contributed by atoms with Crippen LogP contribution in [0.4, 0.5) is 0 Å². The molecule has 1 nitrogen and oxygen atoms in total. The Labute approximate surface area is 167 Å². The SMILES string of the molecule is COc1ccc(CCc2cccc(CCc3ccc4ccccc4c3)c2)cc1. The fraction of sp³-hybridized carbons (Fsp3) is 0.185. The summed E-state index contributed by atoms with van der Waals surface area (Å²) in [4.78, 5) is 0. The molecule has 0 fully saturated rings. The van der Waals surface area contributed by atoms with Gasteiger partial charge in [0.05, 0.1) is 7.11 Å². The normalized spacial score (nSPS) is 10.9. The number of ether oxygens (including phenoxy) is 1. The van der Waals surface area contributed by atoms with Gasteiger partial charge in [0.15, 0.2) is 0 Å². The zero-order valence-electron chi connectivity index (χ0n) is 16.4. The molecule has 0 heterocycles. The number of methoxy groups -OCH3 is 1. The van der Waals surface area contributed by atoms with Crippen molar-refractivity contribution in [1.82, 2.24) is 0 Å². The minimum atomic E-state index is 0.916. The molecule has 0 radical (unpaired) electrons. The van der Waals surface area contributed by atoms with Gasteiger partial charge in [-0.2, -0.15) is 0 Å². The van der Waals surface area contributed by atoms with E-state index in [1.165, 1.54) is 33.0 Å². The molecule has 0 spiro atoms. The van der Waals surface area contributed by atoms with Crippen molar-refractivity contribution in [3.05, 3.63) is 113 Å². The van der Waals surface area contributed by atoms with Crippen molar-refractivity contribution < 1.29 is 4.74 Å². The van der Waals surface area contributed by atoms with E-state index >= 15 is 0 Å². The highest BCUT2D eigenvalue weighted by atomic mass is 16.5. The van der Waals surface area contributed by atoms with E-state index in [9.17, 15) is 0 Å². The maximum Gasteiger partial charge on any atom is 0.118 e. The molecule has 0 bridgehead atoms. The zero-order valence-corrected chi connectivity index (χ0v) is 16.4. The Hall–Kier alpha value is -3.06. The number of aryl methyl sites for hydroxylation is 4. The van der Waals surface area contributed by atoms with Crippen LogP contribution in [0.5, 0.6) is 5.75 Å². The van der Waals surface area contributed by atoms with Gasteiger partial charge in [0.1, 0.15) is 5.75 Å². The largest absolute Gasteiger partial charge is 0.497 e. The Balaban J connectivity index is 1.37. The van der Waals surface area contributed by atoms with Crippen LogP contribution in [0.2, 0.25) is 0 Å². The average Bonchev–Trinajstić information content (AvgIpc) is 2.77. The van der Waals surface area contributed by atoms with Gasteiger partial charge in [-0.25, -0.2) is 0 Å². The van der Waals surface area contributed by atoms with Crippen LogP contribution >= 0.6 is 0 Å². The molecule has 0 N–H and O–H groups in total. The highest BCUT2D eigenvalue weighted by Crippen LogP contribution is 2.18. The van der Waals surface area contributed by atoms with E-state index in [1.54, 1.807) is 7.11 Å². The van der Waals surface area contributed by atoms with E-state index in [1.807, 2.05) is 12.1 Å². The first-order chi connectivity index (χ1) is 13.8. The summed E-state index contributed by atoms with van der Waals surface area (Å²) in [5, 5.41) is 2.64. The second kappa shape index (κ2) is 8.75. The van der Waals surface area contributed by atoms with Crippen molar-refractivity contribution in [2.45, 2.75) is 25.7 Å². The molecule has 4 aromatic rings. The summed E-state index contributed by atoms with van der Waals surface area (Å²) >= 11 is 0. The van der Waals surface area contributed by atoms with Crippen molar-refractivity contribution in [2.24, 2.45) is 0 Å². The van der Waals surface area contributed by atoms with E-state index in [0.29, 0.717) is 0 Å². The van der Waals surface area contributed by atoms with E-state index in [0.717, 1.165) is 31.4 Å². The molecule has 0 aliphatic rings. The van der Waals surface area contributed by atoms with Crippen LogP contribution in [-0.4, -0.2) is 7.11 Å². The Morgan fingerprint density at radius 1 is 0.500 bits per heavy atom. The number of hydrogen-bond acceptors (Lipinski definition) is 1. The van der Waals surface area contributed by atoms with Gasteiger partial charge >= 0.3 is 0 Å². The van der Waals surface area contributed by atoms with Gasteiger partial charge < -0.3 is 4.74 Å². The molecule has 0 saturated carbocycles. The van der Waals surface area contributed by atoms with Crippen molar-refractivity contribution in [3.63, 3.8) is 0 Å². The molecule has 0 unspecified atom stereocenters. The van der Waals surface area contributed by atoms with Crippen molar-refractivity contribution >= 4 is 10.8 Å². The third-order valence-corrected chi connectivity index (χ3v) is 5.37. The van der Waals surface area contributed by atoms with Gasteiger partial charge in [-0.15, -0.1) is 0 Å². The summed E-state index contributed by atoms with van der Waals surface area (Å²) in [6.45, 7) is 0. The van der Waals surface area contributed by atoms with Gasteiger partial charge in [-0.3, -0.25) is 0 Å². The van der Waals surface area contributed by atoms with Crippen molar-refractivity contribution in [1.29, 1.82) is 0 Å². The van der Waals surface area contributed by atoms with Crippen molar-refractivity contribution in [3.8, 4) is 5.75 Å². The van der Waals surface area contributed by atoms with Crippen LogP contribution in [0, 0.1) is 0 Å². The highest BCUT2D eigenvalue weighted by Gasteiger charge is 2.01. The maximum atomic E-state index is 5.23. The van der Waals surface area contributed by atoms with Gasteiger partial charge in [0.2, 0.25) is 0 Å². The summed E-state index contributed by atoms with van der Waals surface area (Å²) < 4.78 is 5.23. The van der Waals surface area contributed by atoms with Crippen LogP contribution in [0.1, 0.15) is 22.3 Å². The minimum absolute atomic E-state index is 0.916. The third-order valence-electron chi connectivity index (χ3n) is 5.37. The molecule has 140 valence electrons. The first-order valence-electron chi connectivity index (χ1n) is 9.98. The molecule has 0 saturated heterocycles. The lowest BCUT2D eigenvalue weighted by atomic mass is 9.98. The van der Waals surface area contributed by atoms with Gasteiger partial charge in [-0.1, -0.05) is 78.9 Å². The second-order valence-electron chi connectivity index (χ2n) is 7.35. The lowest BCUT2D eigenvalue weighted by molar-refractivity contribution is 0.414. The van der Waals surface area contributed by atoms with Crippen LogP contribution in [0.25, 0.3) is 10.8 Å². The maximum absolute atomic E-state index is 5.23. The second-order valence-corrected chi connectivity index (χ2v) is 7.35. The Bertz CT molecular complexity index is 1050. The van der Waals surface area contributed by atoms with Gasteiger partial charge in [0.25, 0.3) is 0 Å². The summed E-state index contributed by atoms with van der Waals surface area (Å²) in [5.74, 6) is 0.916. The summed E-state index contributed by atoms with van der Waals surface area (Å²) in [6, 6.07) is 32.8. The number of hydrogen-bond donors (Lipinski definition) is 0. The molecule has 0 atom stereocenters. The molecular weight excluding hydrogens is 340 g/mol. The van der Waals surface area contributed by atoms with E-state index in [-0.39, 0.29) is 0 Å². The number of rotatable bonds is 7. The molecule has 1 heteroatoms. The molecule has 0 aromatic heterocycles. The fourth-order valence-corrected chi connectivity index (χ4v) is 3.70. The van der Waals surface area contributed by atoms with E-state index < -0.39 is 0 Å².